The van der Waals surface area contributed by atoms with Crippen molar-refractivity contribution in [3.8, 4) is 0 Å². The average Bonchev–Trinajstić information content (AvgIpc) is 3.25. The molecule has 3 aromatic rings. The lowest BCUT2D eigenvalue weighted by atomic mass is 10.1. The van der Waals surface area contributed by atoms with Crippen molar-refractivity contribution in [1.29, 1.82) is 0 Å². The minimum absolute atomic E-state index is 0.00716. The van der Waals surface area contributed by atoms with Gasteiger partial charge in [-0.15, -0.1) is 11.3 Å². The van der Waals surface area contributed by atoms with E-state index in [0.29, 0.717) is 12.1 Å². The van der Waals surface area contributed by atoms with Crippen LogP contribution < -0.4 is 15.8 Å². The summed E-state index contributed by atoms with van der Waals surface area (Å²) in [5, 5.41) is 6.55. The Balaban J connectivity index is 1.51. The van der Waals surface area contributed by atoms with Crippen molar-refractivity contribution in [2.75, 3.05) is 18.0 Å². The number of thiazole rings is 1. The predicted molar refractivity (Wildman–Crippen MR) is 92.7 cm³/mol. The molecule has 1 amide bonds. The van der Waals surface area contributed by atoms with Gasteiger partial charge in [-0.1, -0.05) is 18.2 Å². The summed E-state index contributed by atoms with van der Waals surface area (Å²) >= 11 is 1.58. The number of nitrogens with zero attached hydrogens (tertiary/aromatic N) is 2. The highest BCUT2D eigenvalue weighted by molar-refractivity contribution is 7.13. The van der Waals surface area contributed by atoms with E-state index in [1.165, 1.54) is 0 Å². The maximum absolute atomic E-state index is 12.5. The molecular formula is C17H15N3O3S. The van der Waals surface area contributed by atoms with Gasteiger partial charge in [-0.05, 0) is 18.6 Å². The fraction of sp³-hybridized carbons (Fsp3) is 0.235. The molecule has 2 aromatic heterocycles. The Morgan fingerprint density at radius 3 is 3.08 bits per heavy atom. The van der Waals surface area contributed by atoms with Crippen molar-refractivity contribution in [2.45, 2.75) is 12.5 Å². The fourth-order valence-corrected chi connectivity index (χ4v) is 3.59. The van der Waals surface area contributed by atoms with Crippen LogP contribution in [0.25, 0.3) is 11.0 Å². The van der Waals surface area contributed by atoms with Gasteiger partial charge in [0.25, 0.3) is 5.91 Å². The number of carbonyl (C=O) groups is 1. The molecule has 1 aliphatic rings. The van der Waals surface area contributed by atoms with Crippen molar-refractivity contribution < 1.29 is 9.21 Å². The average molecular weight is 341 g/mol. The molecule has 1 fully saturated rings. The Hall–Kier alpha value is -2.67. The molecule has 1 atom stereocenters. The molecule has 122 valence electrons. The second kappa shape index (κ2) is 6.09. The smallest absolute Gasteiger partial charge is 0.349 e. The number of hydrogen-bond donors (Lipinski definition) is 1. The Morgan fingerprint density at radius 2 is 2.25 bits per heavy atom. The number of nitrogens with one attached hydrogen (secondary N) is 1. The third-order valence-corrected chi connectivity index (χ3v) is 4.93. The van der Waals surface area contributed by atoms with E-state index >= 15 is 0 Å². The molecule has 1 saturated heterocycles. The number of carbonyl (C=O) groups excluding carboxylic acids is 1. The normalized spacial score (nSPS) is 17.3. The first kappa shape index (κ1) is 14.9. The molecule has 0 unspecified atom stereocenters. The number of amides is 1. The van der Waals surface area contributed by atoms with Crippen LogP contribution in [0.15, 0.2) is 51.1 Å². The van der Waals surface area contributed by atoms with Gasteiger partial charge in [0.05, 0.1) is 0 Å². The summed E-state index contributed by atoms with van der Waals surface area (Å²) in [4.78, 5) is 30.9. The summed E-state index contributed by atoms with van der Waals surface area (Å²) < 4.78 is 5.22. The number of fused-ring (bicyclic) bond motifs is 1. The summed E-state index contributed by atoms with van der Waals surface area (Å²) in [7, 11) is 0. The van der Waals surface area contributed by atoms with Crippen LogP contribution in [0.1, 0.15) is 16.8 Å². The summed E-state index contributed by atoms with van der Waals surface area (Å²) in [5.41, 5.74) is -0.0859. The fourth-order valence-electron chi connectivity index (χ4n) is 2.91. The van der Waals surface area contributed by atoms with E-state index in [1.54, 1.807) is 35.7 Å². The molecular weight excluding hydrogens is 326 g/mol. The largest absolute Gasteiger partial charge is 0.422 e. The molecule has 24 heavy (non-hydrogen) atoms. The number of rotatable bonds is 3. The standard InChI is InChI=1S/C17H15N3O3S/c21-15(13-9-11-3-1-2-4-14(11)23-16(13)22)19-12-5-7-20(10-12)17-18-6-8-24-17/h1-4,6,8-9,12H,5,7,10H2,(H,19,21)/t12-/m1/s1. The Kier molecular flexibility index (Phi) is 3.78. The van der Waals surface area contributed by atoms with E-state index in [9.17, 15) is 9.59 Å². The highest BCUT2D eigenvalue weighted by atomic mass is 32.1. The van der Waals surface area contributed by atoms with Crippen LogP contribution in [-0.2, 0) is 0 Å². The number of aromatic nitrogens is 1. The number of hydrogen-bond acceptors (Lipinski definition) is 6. The zero-order chi connectivity index (χ0) is 16.5. The van der Waals surface area contributed by atoms with Gasteiger partial charge in [-0.3, -0.25) is 4.79 Å². The molecule has 7 heteroatoms. The summed E-state index contributed by atoms with van der Waals surface area (Å²) in [6, 6.07) is 8.73. The van der Waals surface area contributed by atoms with Gasteiger partial charge >= 0.3 is 5.63 Å². The summed E-state index contributed by atoms with van der Waals surface area (Å²) in [6.07, 6.45) is 2.59. The van der Waals surface area contributed by atoms with E-state index in [-0.39, 0.29) is 17.5 Å². The molecule has 0 bridgehead atoms. The van der Waals surface area contributed by atoms with E-state index in [1.807, 2.05) is 17.5 Å². The molecule has 0 radical (unpaired) electrons. The van der Waals surface area contributed by atoms with E-state index in [4.69, 9.17) is 4.42 Å². The van der Waals surface area contributed by atoms with Crippen molar-refractivity contribution >= 4 is 33.3 Å². The zero-order valence-corrected chi connectivity index (χ0v) is 13.6. The van der Waals surface area contributed by atoms with Gasteiger partial charge in [0.15, 0.2) is 5.13 Å². The van der Waals surface area contributed by atoms with E-state index in [2.05, 4.69) is 15.2 Å². The van der Waals surface area contributed by atoms with Gasteiger partial charge in [-0.25, -0.2) is 9.78 Å². The zero-order valence-electron chi connectivity index (χ0n) is 12.8. The topological polar surface area (TPSA) is 75.4 Å². The maximum atomic E-state index is 12.5. The number of para-hydroxylation sites is 1. The van der Waals surface area contributed by atoms with Gasteiger partial charge in [-0.2, -0.15) is 0 Å². The first-order chi connectivity index (χ1) is 11.7. The van der Waals surface area contributed by atoms with Crippen LogP contribution in [0.5, 0.6) is 0 Å². The van der Waals surface area contributed by atoms with Crippen molar-refractivity contribution in [1.82, 2.24) is 10.3 Å². The molecule has 1 aromatic carbocycles. The second-order valence-corrected chi connectivity index (χ2v) is 6.58. The van der Waals surface area contributed by atoms with Crippen molar-refractivity contribution in [2.24, 2.45) is 0 Å². The first-order valence-electron chi connectivity index (χ1n) is 7.69. The lowest BCUT2D eigenvalue weighted by Crippen LogP contribution is -2.38. The van der Waals surface area contributed by atoms with Crippen molar-refractivity contribution in [3.05, 3.63) is 57.9 Å². The molecule has 1 aliphatic heterocycles. The van der Waals surface area contributed by atoms with Crippen LogP contribution in [0.4, 0.5) is 5.13 Å². The lowest BCUT2D eigenvalue weighted by molar-refractivity contribution is 0.0937. The lowest BCUT2D eigenvalue weighted by Gasteiger charge is -2.15. The number of anilines is 1. The molecule has 0 aliphatic carbocycles. The third kappa shape index (κ3) is 2.78. The first-order valence-corrected chi connectivity index (χ1v) is 8.57. The minimum atomic E-state index is -0.610. The quantitative estimate of drug-likeness (QED) is 0.740. The summed E-state index contributed by atoms with van der Waals surface area (Å²) in [5.74, 6) is -0.388. The van der Waals surface area contributed by atoms with Crippen LogP contribution >= 0.6 is 11.3 Å². The highest BCUT2D eigenvalue weighted by Crippen LogP contribution is 2.22. The summed E-state index contributed by atoms with van der Waals surface area (Å²) in [6.45, 7) is 1.53. The van der Waals surface area contributed by atoms with Crippen LogP contribution in [0, 0.1) is 0 Å². The number of benzene rings is 1. The van der Waals surface area contributed by atoms with Gasteiger partial charge in [0.1, 0.15) is 11.1 Å². The predicted octanol–water partition coefficient (Wildman–Crippen LogP) is 2.26. The van der Waals surface area contributed by atoms with Crippen molar-refractivity contribution in [3.63, 3.8) is 0 Å². The van der Waals surface area contributed by atoms with Gasteiger partial charge < -0.3 is 14.6 Å². The van der Waals surface area contributed by atoms with Gasteiger partial charge in [0.2, 0.25) is 0 Å². The minimum Gasteiger partial charge on any atom is -0.422 e. The molecule has 6 nitrogen and oxygen atoms in total. The van der Waals surface area contributed by atoms with E-state index < -0.39 is 5.63 Å². The second-order valence-electron chi connectivity index (χ2n) is 5.71. The van der Waals surface area contributed by atoms with Crippen LogP contribution in [0.2, 0.25) is 0 Å². The SMILES string of the molecule is O=C(N[C@@H]1CCN(c2nccs2)C1)c1cc2ccccc2oc1=O. The third-order valence-electron chi connectivity index (χ3n) is 4.10. The molecule has 1 N–H and O–H groups in total. The van der Waals surface area contributed by atoms with Gasteiger partial charge in [0, 0.05) is 36.1 Å². The maximum Gasteiger partial charge on any atom is 0.349 e. The molecule has 0 spiro atoms. The van der Waals surface area contributed by atoms with Crippen LogP contribution in [0.3, 0.4) is 0 Å². The Morgan fingerprint density at radius 1 is 1.38 bits per heavy atom. The monoisotopic (exact) mass is 341 g/mol. The van der Waals surface area contributed by atoms with Crippen LogP contribution in [-0.4, -0.2) is 30.0 Å². The molecule has 0 saturated carbocycles. The molecule has 3 heterocycles. The Bertz CT molecular complexity index is 936. The highest BCUT2D eigenvalue weighted by Gasteiger charge is 2.26. The molecule has 4 rings (SSSR count). The van der Waals surface area contributed by atoms with E-state index in [0.717, 1.165) is 23.5 Å². The Labute approximate surface area is 141 Å².